The maximum absolute atomic E-state index is 13.4. The van der Waals surface area contributed by atoms with Crippen LogP contribution in [0.3, 0.4) is 0 Å². The number of anilines is 1. The van der Waals surface area contributed by atoms with Crippen LogP contribution in [0.15, 0.2) is 24.3 Å². The van der Waals surface area contributed by atoms with Crippen LogP contribution < -0.4 is 5.32 Å². The fourth-order valence-corrected chi connectivity index (χ4v) is 8.34. The number of amides is 1. The first-order valence-corrected chi connectivity index (χ1v) is 9.38. The Hall–Kier alpha value is -1.84. The molecular weight excluding hydrogens is 300 g/mol. The summed E-state index contributed by atoms with van der Waals surface area (Å²) < 4.78 is 0. The van der Waals surface area contributed by atoms with E-state index in [2.05, 4.69) is 34.5 Å². The number of nitrogens with one attached hydrogen (secondary N) is 1. The summed E-state index contributed by atoms with van der Waals surface area (Å²) in [7, 11) is 0. The normalized spacial score (nSPS) is 51.7. The average Bonchev–Trinajstić information content (AvgIpc) is 3.10. The number of Topliss-reactive ketones (excluding diaryl/α,β-unsaturated/α-hetero) is 1. The van der Waals surface area contributed by atoms with Gasteiger partial charge >= 0.3 is 0 Å². The zero-order valence-electron chi connectivity index (χ0n) is 13.5. The average molecular weight is 320 g/mol. The van der Waals surface area contributed by atoms with Gasteiger partial charge in [0.05, 0.1) is 17.0 Å². The molecule has 1 aromatic carbocycles. The third kappa shape index (κ3) is 0.871. The molecule has 7 aliphatic rings. The zero-order valence-corrected chi connectivity index (χ0v) is 13.5. The van der Waals surface area contributed by atoms with Crippen LogP contribution in [0.5, 0.6) is 0 Å². The smallest absolute Gasteiger partial charge is 0.234 e. The molecule has 1 amide bonds. The number of rotatable bonds is 0. The Labute approximate surface area is 140 Å². The van der Waals surface area contributed by atoms with Gasteiger partial charge in [-0.15, -0.1) is 0 Å². The van der Waals surface area contributed by atoms with E-state index in [0.29, 0.717) is 0 Å². The SMILES string of the molecule is O=C1[C@H]2C(=O)N3CCC[C@]45CC[C@@]6(Nc7ccccc7[C@@]26[C@@H]34)[C@H]1C5. The van der Waals surface area contributed by atoms with Gasteiger partial charge in [0.1, 0.15) is 5.92 Å². The molecule has 0 radical (unpaired) electrons. The van der Waals surface area contributed by atoms with Gasteiger partial charge in [-0.1, -0.05) is 18.2 Å². The van der Waals surface area contributed by atoms with Crippen molar-refractivity contribution in [1.82, 2.24) is 4.90 Å². The van der Waals surface area contributed by atoms with E-state index in [1.54, 1.807) is 0 Å². The van der Waals surface area contributed by atoms with Crippen molar-refractivity contribution in [3.8, 4) is 0 Å². The molecule has 3 heterocycles. The summed E-state index contributed by atoms with van der Waals surface area (Å²) in [5.41, 5.74) is 2.13. The van der Waals surface area contributed by atoms with Gasteiger partial charge in [-0.05, 0) is 49.1 Å². The first-order valence-electron chi connectivity index (χ1n) is 9.38. The summed E-state index contributed by atoms with van der Waals surface area (Å²) in [5, 5.41) is 3.83. The molecule has 3 aliphatic heterocycles. The number of carbonyl (C=O) groups excluding carboxylic acids is 2. The molecular formula is C20H20N2O2. The molecule has 3 spiro atoms. The van der Waals surface area contributed by atoms with E-state index in [1.807, 2.05) is 0 Å². The first-order chi connectivity index (χ1) is 11.7. The highest BCUT2D eigenvalue weighted by Crippen LogP contribution is 2.79. The molecule has 4 bridgehead atoms. The fraction of sp³-hybridized carbons (Fsp3) is 0.600. The van der Waals surface area contributed by atoms with Crippen molar-refractivity contribution in [2.45, 2.75) is 49.1 Å². The van der Waals surface area contributed by atoms with Crippen LogP contribution in [0, 0.1) is 17.3 Å². The topological polar surface area (TPSA) is 49.4 Å². The van der Waals surface area contributed by atoms with Crippen LogP contribution in [-0.4, -0.2) is 34.7 Å². The van der Waals surface area contributed by atoms with Gasteiger partial charge in [-0.3, -0.25) is 9.59 Å². The minimum absolute atomic E-state index is 0.0316. The molecule has 4 nitrogen and oxygen atoms in total. The molecule has 6 atom stereocenters. The van der Waals surface area contributed by atoms with Crippen LogP contribution in [0.1, 0.15) is 37.7 Å². The van der Waals surface area contributed by atoms with E-state index in [4.69, 9.17) is 0 Å². The van der Waals surface area contributed by atoms with Crippen LogP contribution >= 0.6 is 0 Å². The number of nitrogens with zero attached hydrogens (tertiary/aromatic N) is 1. The highest BCUT2D eigenvalue weighted by atomic mass is 16.2. The lowest BCUT2D eigenvalue weighted by Crippen LogP contribution is -2.74. The van der Waals surface area contributed by atoms with Crippen molar-refractivity contribution in [2.24, 2.45) is 17.3 Å². The molecule has 1 N–H and O–H groups in total. The lowest BCUT2D eigenvalue weighted by Gasteiger charge is -2.66. The Bertz CT molecular complexity index is 865. The van der Waals surface area contributed by atoms with E-state index in [1.165, 1.54) is 24.1 Å². The summed E-state index contributed by atoms with van der Waals surface area (Å²) in [4.78, 5) is 28.9. The maximum Gasteiger partial charge on any atom is 0.234 e. The maximum atomic E-state index is 13.4. The third-order valence-corrected chi connectivity index (χ3v) is 8.70. The van der Waals surface area contributed by atoms with Crippen molar-refractivity contribution in [3.63, 3.8) is 0 Å². The van der Waals surface area contributed by atoms with E-state index >= 15 is 0 Å². The van der Waals surface area contributed by atoms with Crippen LogP contribution in [0.4, 0.5) is 5.69 Å². The van der Waals surface area contributed by atoms with Gasteiger partial charge in [0.15, 0.2) is 5.78 Å². The lowest BCUT2D eigenvalue weighted by atomic mass is 9.41. The van der Waals surface area contributed by atoms with Gasteiger partial charge in [0, 0.05) is 18.2 Å². The quantitative estimate of drug-likeness (QED) is 0.745. The van der Waals surface area contributed by atoms with Gasteiger partial charge in [0.25, 0.3) is 0 Å². The Balaban J connectivity index is 1.66. The van der Waals surface area contributed by atoms with Crippen molar-refractivity contribution >= 4 is 17.4 Å². The van der Waals surface area contributed by atoms with Crippen LogP contribution in [-0.2, 0) is 15.0 Å². The molecule has 24 heavy (non-hydrogen) atoms. The number of carbonyl (C=O) groups is 2. The Kier molecular flexibility index (Phi) is 1.71. The predicted octanol–water partition coefficient (Wildman–Crippen LogP) is 2.09. The fourth-order valence-electron chi connectivity index (χ4n) is 8.34. The Morgan fingerprint density at radius 1 is 1.12 bits per heavy atom. The number of benzene rings is 1. The van der Waals surface area contributed by atoms with Gasteiger partial charge in [0.2, 0.25) is 5.91 Å². The second-order valence-electron chi connectivity index (χ2n) is 9.00. The minimum Gasteiger partial charge on any atom is -0.378 e. The molecule has 0 unspecified atom stereocenters. The standard InChI is InChI=1S/C20H20N2O2/c23-15-12-10-18-6-3-9-22-16(24)14(15)20(17(18)22)11-4-1-2-5-13(11)21-19(12,20)8-7-18/h1-2,4-5,12,14,17,21H,3,6-10H2/t12-,14-,17-,18+,19+,20-/m0/s1. The van der Waals surface area contributed by atoms with Crippen molar-refractivity contribution in [2.75, 3.05) is 11.9 Å². The van der Waals surface area contributed by atoms with Crippen molar-refractivity contribution in [3.05, 3.63) is 29.8 Å². The van der Waals surface area contributed by atoms with E-state index < -0.39 is 5.92 Å². The first kappa shape index (κ1) is 12.5. The van der Waals surface area contributed by atoms with E-state index in [0.717, 1.165) is 25.8 Å². The number of hydrogen-bond acceptors (Lipinski definition) is 3. The number of para-hydroxylation sites is 1. The van der Waals surface area contributed by atoms with Crippen molar-refractivity contribution in [1.29, 1.82) is 0 Å². The Morgan fingerprint density at radius 2 is 2.00 bits per heavy atom. The monoisotopic (exact) mass is 320 g/mol. The Morgan fingerprint density at radius 3 is 2.92 bits per heavy atom. The predicted molar refractivity (Wildman–Crippen MR) is 87.5 cm³/mol. The van der Waals surface area contributed by atoms with Crippen molar-refractivity contribution < 1.29 is 9.59 Å². The molecule has 6 fully saturated rings. The summed E-state index contributed by atoms with van der Waals surface area (Å²) in [6.45, 7) is 0.847. The highest BCUT2D eigenvalue weighted by molar-refractivity contribution is 6.12. The van der Waals surface area contributed by atoms with Crippen LogP contribution in [0.2, 0.25) is 0 Å². The van der Waals surface area contributed by atoms with Gasteiger partial charge in [-0.25, -0.2) is 0 Å². The van der Waals surface area contributed by atoms with E-state index in [-0.39, 0.29) is 40.0 Å². The molecule has 4 saturated carbocycles. The molecule has 1 aromatic rings. The minimum atomic E-state index is -0.427. The number of fused-ring (bicyclic) bond motifs is 2. The second-order valence-corrected chi connectivity index (χ2v) is 9.00. The van der Waals surface area contributed by atoms with Crippen LogP contribution in [0.25, 0.3) is 0 Å². The van der Waals surface area contributed by atoms with E-state index in [9.17, 15) is 9.59 Å². The zero-order chi connectivity index (χ0) is 15.9. The summed E-state index contributed by atoms with van der Waals surface area (Å²) in [6, 6.07) is 8.74. The molecule has 2 saturated heterocycles. The van der Waals surface area contributed by atoms with Gasteiger partial charge in [-0.2, -0.15) is 0 Å². The lowest BCUT2D eigenvalue weighted by molar-refractivity contribution is -0.152. The summed E-state index contributed by atoms with van der Waals surface area (Å²) in [5.74, 6) is -0.00736. The largest absolute Gasteiger partial charge is 0.378 e. The molecule has 122 valence electrons. The summed E-state index contributed by atoms with van der Waals surface area (Å²) >= 11 is 0. The highest BCUT2D eigenvalue weighted by Gasteiger charge is 2.88. The second kappa shape index (κ2) is 3.29. The molecule has 8 rings (SSSR count). The molecule has 0 aromatic heterocycles. The summed E-state index contributed by atoms with van der Waals surface area (Å²) in [6.07, 6.45) is 5.51. The number of hydrogen-bond donors (Lipinski definition) is 1. The number of piperidine rings is 1. The molecule has 4 heteroatoms. The third-order valence-electron chi connectivity index (χ3n) is 8.70. The molecule has 4 aliphatic carbocycles. The number of ketones is 1. The van der Waals surface area contributed by atoms with Gasteiger partial charge < -0.3 is 10.2 Å².